The molecule has 1 atom stereocenters. The third kappa shape index (κ3) is 6.62. The number of anilines is 1. The van der Waals surface area contributed by atoms with Gasteiger partial charge in [-0.15, -0.1) is 12.4 Å². The molecule has 13 heteroatoms. The highest BCUT2D eigenvalue weighted by Gasteiger charge is 2.36. The van der Waals surface area contributed by atoms with Crippen molar-refractivity contribution in [2.24, 2.45) is 11.7 Å². The Morgan fingerprint density at radius 2 is 1.83 bits per heavy atom. The van der Waals surface area contributed by atoms with Crippen LogP contribution in [0.3, 0.4) is 0 Å². The third-order valence-corrected chi connectivity index (χ3v) is 4.73. The van der Waals surface area contributed by atoms with E-state index in [1.165, 1.54) is 18.5 Å². The summed E-state index contributed by atoms with van der Waals surface area (Å²) in [5, 5.41) is 11.6. The Labute approximate surface area is 202 Å². The zero-order chi connectivity index (χ0) is 24.9. The van der Waals surface area contributed by atoms with Gasteiger partial charge < -0.3 is 20.9 Å². The fraction of sp³-hybridized carbons (Fsp3) is 0.227. The Kier molecular flexibility index (Phi) is 9.46. The lowest BCUT2D eigenvalue weighted by Gasteiger charge is -2.16. The van der Waals surface area contributed by atoms with Crippen molar-refractivity contribution in [2.75, 3.05) is 25.1 Å². The van der Waals surface area contributed by atoms with Gasteiger partial charge in [-0.1, -0.05) is 6.07 Å². The van der Waals surface area contributed by atoms with E-state index in [0.717, 1.165) is 24.3 Å². The van der Waals surface area contributed by atoms with Gasteiger partial charge in [-0.25, -0.2) is 13.8 Å². The van der Waals surface area contributed by atoms with E-state index in [1.807, 2.05) is 0 Å². The number of pyridine rings is 2. The second kappa shape index (κ2) is 11.9. The first-order valence-corrected chi connectivity index (χ1v) is 9.87. The van der Waals surface area contributed by atoms with Crippen molar-refractivity contribution in [2.45, 2.75) is 6.18 Å². The van der Waals surface area contributed by atoms with Crippen molar-refractivity contribution < 1.29 is 36.6 Å². The molecule has 0 radical (unpaired) electrons. The normalized spacial score (nSPS) is 12.0. The first-order chi connectivity index (χ1) is 16.2. The Morgan fingerprint density at radius 3 is 2.43 bits per heavy atom. The number of aromatic nitrogens is 2. The van der Waals surface area contributed by atoms with Crippen LogP contribution in [0.4, 0.5) is 27.6 Å². The number of hydrogen-bond acceptors (Lipinski definition) is 6. The van der Waals surface area contributed by atoms with Crippen LogP contribution in [0.15, 0.2) is 48.8 Å². The number of alkyl halides is 3. The summed E-state index contributed by atoms with van der Waals surface area (Å²) in [6.45, 7) is -0.0581. The van der Waals surface area contributed by atoms with Crippen molar-refractivity contribution >= 4 is 24.0 Å². The van der Waals surface area contributed by atoms with E-state index in [4.69, 9.17) is 10.5 Å². The number of amides is 1. The number of ether oxygens (including phenoxy) is 1. The summed E-state index contributed by atoms with van der Waals surface area (Å²) in [7, 11) is 0. The molecule has 0 saturated carbocycles. The minimum atomic E-state index is -4.98. The first-order valence-electron chi connectivity index (χ1n) is 9.87. The Morgan fingerprint density at radius 1 is 1.14 bits per heavy atom. The van der Waals surface area contributed by atoms with Gasteiger partial charge >= 0.3 is 6.18 Å². The summed E-state index contributed by atoms with van der Waals surface area (Å²) in [6.07, 6.45) is -2.38. The topological polar surface area (TPSA) is 110 Å². The SMILES string of the molecule is Cl.NCC(CO)COc1ccncc1NC(=O)c1ccc(C(F)(F)F)c(-c2c(F)cccc2F)n1. The van der Waals surface area contributed by atoms with Gasteiger partial charge in [-0.3, -0.25) is 9.78 Å². The van der Waals surface area contributed by atoms with Gasteiger partial charge in [0.2, 0.25) is 0 Å². The van der Waals surface area contributed by atoms with Crippen LogP contribution in [0.2, 0.25) is 0 Å². The van der Waals surface area contributed by atoms with Crippen LogP contribution in [-0.4, -0.2) is 40.7 Å². The molecule has 2 heterocycles. The molecule has 3 rings (SSSR count). The average molecular weight is 519 g/mol. The Hall–Kier alpha value is -3.35. The summed E-state index contributed by atoms with van der Waals surface area (Å²) >= 11 is 0. The van der Waals surface area contributed by atoms with Gasteiger partial charge in [0.15, 0.2) is 0 Å². The number of carbonyl (C=O) groups is 1. The van der Waals surface area contributed by atoms with Crippen molar-refractivity contribution in [1.29, 1.82) is 0 Å². The summed E-state index contributed by atoms with van der Waals surface area (Å²) in [4.78, 5) is 20.2. The molecule has 7 nitrogen and oxygen atoms in total. The molecule has 1 aromatic carbocycles. The number of nitrogens with zero attached hydrogens (tertiary/aromatic N) is 2. The number of aliphatic hydroxyl groups excluding tert-OH is 1. The molecule has 2 aromatic heterocycles. The molecule has 0 saturated heterocycles. The number of nitrogens with one attached hydrogen (secondary N) is 1. The standard InChI is InChI=1S/C22H19F5N4O3.ClH/c23-14-2-1-3-15(24)19(14)20-13(22(25,26)27)4-5-16(30-20)21(33)31-17-9-29-7-6-18(17)34-11-12(8-28)10-32;/h1-7,9,12,32H,8,10-11,28H2,(H,31,33);1H. The summed E-state index contributed by atoms with van der Waals surface area (Å²) < 4.78 is 74.5. The van der Waals surface area contributed by atoms with Crippen molar-refractivity contribution in [3.8, 4) is 17.0 Å². The molecule has 188 valence electrons. The van der Waals surface area contributed by atoms with Gasteiger partial charge in [-0.2, -0.15) is 13.2 Å². The van der Waals surface area contributed by atoms with Crippen LogP contribution in [0, 0.1) is 17.6 Å². The molecule has 1 amide bonds. The first kappa shape index (κ1) is 27.9. The van der Waals surface area contributed by atoms with Crippen molar-refractivity contribution in [1.82, 2.24) is 9.97 Å². The summed E-state index contributed by atoms with van der Waals surface area (Å²) in [5.74, 6) is -3.72. The zero-order valence-electron chi connectivity index (χ0n) is 17.9. The maximum atomic E-state index is 14.2. The van der Waals surface area contributed by atoms with E-state index < -0.39 is 46.2 Å². The van der Waals surface area contributed by atoms with Crippen LogP contribution in [0.1, 0.15) is 16.1 Å². The number of aliphatic hydroxyl groups is 1. The number of carbonyl (C=O) groups excluding carboxylic acids is 1. The molecule has 0 spiro atoms. The highest BCUT2D eigenvalue weighted by molar-refractivity contribution is 6.04. The van der Waals surface area contributed by atoms with E-state index in [9.17, 15) is 31.9 Å². The molecular formula is C22H20ClF5N4O3. The molecule has 3 aromatic rings. The number of benzene rings is 1. The largest absolute Gasteiger partial charge is 0.491 e. The van der Waals surface area contributed by atoms with E-state index >= 15 is 0 Å². The average Bonchev–Trinajstić information content (AvgIpc) is 2.80. The molecule has 1 unspecified atom stereocenters. The highest BCUT2D eigenvalue weighted by Crippen LogP contribution is 2.38. The van der Waals surface area contributed by atoms with Gasteiger partial charge in [0.05, 0.1) is 36.2 Å². The molecule has 0 aliphatic rings. The van der Waals surface area contributed by atoms with E-state index in [0.29, 0.717) is 6.07 Å². The monoisotopic (exact) mass is 518 g/mol. The maximum Gasteiger partial charge on any atom is 0.418 e. The third-order valence-electron chi connectivity index (χ3n) is 4.73. The molecule has 4 N–H and O–H groups in total. The molecule has 35 heavy (non-hydrogen) atoms. The van der Waals surface area contributed by atoms with Gasteiger partial charge in [0.1, 0.15) is 28.8 Å². The second-order valence-corrected chi connectivity index (χ2v) is 7.11. The number of halogens is 6. The van der Waals surface area contributed by atoms with Crippen LogP contribution in [0.5, 0.6) is 5.75 Å². The van der Waals surface area contributed by atoms with Crippen LogP contribution in [-0.2, 0) is 6.18 Å². The zero-order valence-corrected chi connectivity index (χ0v) is 18.7. The lowest BCUT2D eigenvalue weighted by molar-refractivity contribution is -0.137. The second-order valence-electron chi connectivity index (χ2n) is 7.11. The minimum absolute atomic E-state index is 0. The van der Waals surface area contributed by atoms with Crippen LogP contribution < -0.4 is 15.8 Å². The van der Waals surface area contributed by atoms with Crippen LogP contribution >= 0.6 is 12.4 Å². The fourth-order valence-corrected chi connectivity index (χ4v) is 2.92. The van der Waals surface area contributed by atoms with Gasteiger partial charge in [0, 0.05) is 24.7 Å². The number of rotatable bonds is 8. The summed E-state index contributed by atoms with van der Waals surface area (Å²) in [5.41, 5.74) is 1.55. The fourth-order valence-electron chi connectivity index (χ4n) is 2.92. The molecule has 0 aliphatic carbocycles. The minimum Gasteiger partial charge on any atom is -0.491 e. The van der Waals surface area contributed by atoms with E-state index in [-0.39, 0.29) is 49.5 Å². The molecule has 0 bridgehead atoms. The van der Waals surface area contributed by atoms with E-state index in [1.54, 1.807) is 0 Å². The molecule has 0 fully saturated rings. The Balaban J connectivity index is 0.00000432. The van der Waals surface area contributed by atoms with Crippen molar-refractivity contribution in [3.63, 3.8) is 0 Å². The number of nitrogens with two attached hydrogens (primary N) is 1. The van der Waals surface area contributed by atoms with Crippen LogP contribution in [0.25, 0.3) is 11.3 Å². The van der Waals surface area contributed by atoms with Gasteiger partial charge in [-0.05, 0) is 24.3 Å². The predicted molar refractivity (Wildman–Crippen MR) is 119 cm³/mol. The molecule has 0 aliphatic heterocycles. The predicted octanol–water partition coefficient (Wildman–Crippen LogP) is 4.06. The molecular weight excluding hydrogens is 499 g/mol. The van der Waals surface area contributed by atoms with Gasteiger partial charge in [0.25, 0.3) is 5.91 Å². The lowest BCUT2D eigenvalue weighted by Crippen LogP contribution is -2.25. The van der Waals surface area contributed by atoms with Crippen molar-refractivity contribution in [3.05, 3.63) is 71.7 Å². The quantitative estimate of drug-likeness (QED) is 0.388. The highest BCUT2D eigenvalue weighted by atomic mass is 35.5. The Bertz CT molecular complexity index is 1160. The maximum absolute atomic E-state index is 14.2. The van der Waals surface area contributed by atoms with E-state index in [2.05, 4.69) is 15.3 Å². The smallest absolute Gasteiger partial charge is 0.418 e. The number of hydrogen-bond donors (Lipinski definition) is 3. The summed E-state index contributed by atoms with van der Waals surface area (Å²) in [6, 6.07) is 5.29. The lowest BCUT2D eigenvalue weighted by atomic mass is 10.0.